The van der Waals surface area contributed by atoms with E-state index in [2.05, 4.69) is 18.9 Å². The van der Waals surface area contributed by atoms with E-state index in [0.717, 1.165) is 76.0 Å². The van der Waals surface area contributed by atoms with Gasteiger partial charge >= 0.3 is 0 Å². The van der Waals surface area contributed by atoms with Crippen molar-refractivity contribution < 1.29 is 50.5 Å². The molecule has 90 heavy (non-hydrogen) atoms. The zero-order chi connectivity index (χ0) is 63.5. The van der Waals surface area contributed by atoms with Crippen LogP contribution in [0.5, 0.6) is 0 Å². The Kier molecular flexibility index (Phi) is 14.4. The first-order valence-corrected chi connectivity index (χ1v) is 36.9. The molecule has 6 aliphatic heterocycles. The third-order valence-electron chi connectivity index (χ3n) is 15.8. The molecule has 6 heterocycles. The van der Waals surface area contributed by atoms with Gasteiger partial charge in [-0.3, -0.25) is 27.5 Å². The van der Waals surface area contributed by atoms with E-state index < -0.39 is 60.1 Å². The van der Waals surface area contributed by atoms with Gasteiger partial charge in [-0.2, -0.15) is 0 Å². The van der Waals surface area contributed by atoms with Crippen LogP contribution < -0.4 is 27.5 Å². The van der Waals surface area contributed by atoms with Crippen molar-refractivity contribution in [2.75, 3.05) is 27.5 Å². The van der Waals surface area contributed by atoms with Crippen LogP contribution >= 0.6 is 0 Å². The van der Waals surface area contributed by atoms with E-state index in [1.165, 1.54) is 8.61 Å². The first-order chi connectivity index (χ1) is 42.8. The van der Waals surface area contributed by atoms with Crippen molar-refractivity contribution in [1.82, 2.24) is 0 Å². The molecule has 0 bridgehead atoms. The van der Waals surface area contributed by atoms with E-state index in [4.69, 9.17) is 0 Å². The smallest absolute Gasteiger partial charge is 0.265 e. The van der Waals surface area contributed by atoms with Gasteiger partial charge in [0, 0.05) is 44.4 Å². The molecule has 0 spiro atoms. The summed E-state index contributed by atoms with van der Waals surface area (Å²) < 4.78 is 156. The Bertz CT molecular complexity index is 5160. The van der Waals surface area contributed by atoms with E-state index >= 15 is 0 Å². The maximum absolute atomic E-state index is 12.4. The molecule has 18 rings (SSSR count). The second kappa shape index (κ2) is 21.7. The summed E-state index contributed by atoms with van der Waals surface area (Å²) in [5.74, 6) is 0. The maximum Gasteiger partial charge on any atom is 0.265 e. The highest BCUT2D eigenvalue weighted by molar-refractivity contribution is 7.95. The van der Waals surface area contributed by atoms with E-state index in [1.54, 1.807) is 97.1 Å². The molecule has 0 saturated carbocycles. The molecule has 12 aromatic carbocycles. The number of nitrogens with one attached hydrogen (secondary N) is 4. The van der Waals surface area contributed by atoms with Crippen LogP contribution in [0.1, 0.15) is 27.7 Å². The summed E-state index contributed by atoms with van der Waals surface area (Å²) >= 11 is 0. The molecule has 6 aliphatic rings. The van der Waals surface area contributed by atoms with E-state index in [9.17, 15) is 50.5 Å². The van der Waals surface area contributed by atoms with Gasteiger partial charge in [0.1, 0.15) is 0 Å². The van der Waals surface area contributed by atoms with Gasteiger partial charge in [-0.25, -0.2) is 50.5 Å². The molecule has 12 aromatic rings. The molecule has 0 unspecified atom stereocenters. The molecule has 0 fully saturated rings. The fourth-order valence-corrected chi connectivity index (χ4v) is 21.3. The predicted octanol–water partition coefficient (Wildman–Crippen LogP) is 13.3. The molecule has 0 aliphatic carbocycles. The molecule has 0 amide bonds. The van der Waals surface area contributed by atoms with Gasteiger partial charge in [-0.05, 0) is 133 Å². The van der Waals surface area contributed by atoms with Gasteiger partial charge in [0.2, 0.25) is 0 Å². The van der Waals surface area contributed by atoms with Crippen LogP contribution in [0, 0.1) is 0 Å². The summed E-state index contributed by atoms with van der Waals surface area (Å²) in [7, 11) is -20.0. The van der Waals surface area contributed by atoms with Gasteiger partial charge in [0.25, 0.3) is 60.1 Å². The number of sulfonamides is 6. The fourth-order valence-electron chi connectivity index (χ4n) is 12.2. The van der Waals surface area contributed by atoms with Gasteiger partial charge in [-0.15, -0.1) is 0 Å². The fraction of sp³-hybridized carbons (Fsp3) is 0.0909. The lowest BCUT2D eigenvalue weighted by atomic mass is 10.1. The Morgan fingerprint density at radius 2 is 0.433 bits per heavy atom. The Morgan fingerprint density at radius 1 is 0.244 bits per heavy atom. The highest BCUT2D eigenvalue weighted by atomic mass is 32.2. The molecule has 456 valence electrons. The zero-order valence-electron chi connectivity index (χ0n) is 48.2. The third-order valence-corrected chi connectivity index (χ3v) is 25.5. The number of hydrogen-bond acceptors (Lipinski definition) is 12. The average molecular weight is 1320 g/mol. The summed E-state index contributed by atoms with van der Waals surface area (Å²) in [6.07, 6.45) is 0. The second-order valence-electron chi connectivity index (χ2n) is 22.1. The van der Waals surface area contributed by atoms with Crippen molar-refractivity contribution in [1.29, 1.82) is 0 Å². The van der Waals surface area contributed by atoms with Crippen LogP contribution in [-0.2, 0) is 60.1 Å². The minimum atomic E-state index is -3.36. The molecule has 0 atom stereocenters. The summed E-state index contributed by atoms with van der Waals surface area (Å²) in [5.41, 5.74) is 4.31. The SMILES string of the molecule is CC(C)N1c2cccc3cccc(c23)S1(=O)=O.CC(C)N1c2cccc3cccc(c23)S1(=O)=O.O=S1(=O)Nc2cccc3cccc1c23.O=S1(=O)Nc2cccc3cccc1c23.O=S1(=O)Nc2cccc3cccc1c23.O=S1(=O)Nc2cccc3cccc1c23. The van der Waals surface area contributed by atoms with E-state index in [1.807, 2.05) is 149 Å². The van der Waals surface area contributed by atoms with E-state index in [-0.39, 0.29) is 12.1 Å². The van der Waals surface area contributed by atoms with E-state index in [0.29, 0.717) is 52.1 Å². The second-order valence-corrected chi connectivity index (χ2v) is 32.3. The summed E-state index contributed by atoms with van der Waals surface area (Å²) in [6.45, 7) is 7.56. The molecule has 0 aromatic heterocycles. The quantitative estimate of drug-likeness (QED) is 0.126. The van der Waals surface area contributed by atoms with Gasteiger partial charge in [-0.1, -0.05) is 146 Å². The Balaban J connectivity index is 0.0000000993. The monoisotopic (exact) mass is 1310 g/mol. The van der Waals surface area contributed by atoms with Crippen LogP contribution in [0.2, 0.25) is 0 Å². The summed E-state index contributed by atoms with van der Waals surface area (Å²) in [6, 6.07) is 65.4. The third kappa shape index (κ3) is 9.93. The number of rotatable bonds is 2. The summed E-state index contributed by atoms with van der Waals surface area (Å²) in [4.78, 5) is 2.38. The molecular weight excluding hydrogens is 1260 g/mol. The van der Waals surface area contributed by atoms with Gasteiger partial charge in [0.15, 0.2) is 0 Å². The highest BCUT2D eigenvalue weighted by Gasteiger charge is 2.39. The van der Waals surface area contributed by atoms with Crippen LogP contribution in [0.3, 0.4) is 0 Å². The summed E-state index contributed by atoms with van der Waals surface area (Å²) in [5, 5.41) is 10.7. The van der Waals surface area contributed by atoms with Crippen LogP contribution in [0.15, 0.2) is 248 Å². The largest absolute Gasteiger partial charge is 0.279 e. The molecule has 4 N–H and O–H groups in total. The lowest BCUT2D eigenvalue weighted by Crippen LogP contribution is -2.33. The Morgan fingerprint density at radius 3 is 0.656 bits per heavy atom. The molecular formula is C66H54N6O12S6. The molecule has 0 saturated heterocycles. The Hall–Kier alpha value is -9.30. The molecule has 18 nitrogen and oxygen atoms in total. The lowest BCUT2D eigenvalue weighted by Gasteiger charge is -2.22. The number of nitrogens with zero attached hydrogens (tertiary/aromatic N) is 2. The van der Waals surface area contributed by atoms with Crippen molar-refractivity contribution in [3.05, 3.63) is 218 Å². The van der Waals surface area contributed by atoms with Crippen molar-refractivity contribution in [2.45, 2.75) is 69.2 Å². The van der Waals surface area contributed by atoms with Crippen LogP contribution in [-0.4, -0.2) is 62.6 Å². The number of anilines is 6. The highest BCUT2D eigenvalue weighted by Crippen LogP contribution is 2.46. The van der Waals surface area contributed by atoms with Crippen molar-refractivity contribution in [3.8, 4) is 0 Å². The van der Waals surface area contributed by atoms with Crippen LogP contribution in [0.25, 0.3) is 64.6 Å². The topological polar surface area (TPSA) is 259 Å². The maximum atomic E-state index is 12.4. The number of benzene rings is 12. The van der Waals surface area contributed by atoms with Crippen molar-refractivity contribution >= 4 is 159 Å². The minimum Gasteiger partial charge on any atom is -0.279 e. The van der Waals surface area contributed by atoms with Crippen LogP contribution in [0.4, 0.5) is 34.1 Å². The van der Waals surface area contributed by atoms with Crippen molar-refractivity contribution in [3.63, 3.8) is 0 Å². The normalized spacial score (nSPS) is 16.9. The first kappa shape index (κ1) is 59.7. The first-order valence-electron chi connectivity index (χ1n) is 28.1. The van der Waals surface area contributed by atoms with Crippen molar-refractivity contribution in [2.24, 2.45) is 0 Å². The minimum absolute atomic E-state index is 0.0713. The molecule has 24 heteroatoms. The molecule has 0 radical (unpaired) electrons. The number of hydrogen-bond donors (Lipinski definition) is 4. The average Bonchev–Trinajstić information content (AvgIpc) is 1.60. The Labute approximate surface area is 520 Å². The van der Waals surface area contributed by atoms with Gasteiger partial charge < -0.3 is 0 Å². The predicted molar refractivity (Wildman–Crippen MR) is 357 cm³/mol. The zero-order valence-corrected chi connectivity index (χ0v) is 53.1. The van der Waals surface area contributed by atoms with Gasteiger partial charge in [0.05, 0.1) is 63.5 Å². The standard InChI is InChI=1S/2C13H13NO2S.4C10H7NO2S/c2*1-9(2)14-11-7-3-5-10-6-4-8-12(13(10)11)17(14,15)16;4*12-14(13)9-6-2-4-7-3-1-5-8(11-14)10(7)9/h2*3-9H,1-2H3;4*1-6,11H. The lowest BCUT2D eigenvalue weighted by molar-refractivity contribution is 0.586.